The maximum atomic E-state index is 14.1. The zero-order chi connectivity index (χ0) is 27.5. The van der Waals surface area contributed by atoms with Gasteiger partial charge in [0.2, 0.25) is 5.91 Å². The third-order valence-electron chi connectivity index (χ3n) is 7.90. The van der Waals surface area contributed by atoms with Crippen molar-refractivity contribution >= 4 is 29.1 Å². The molecule has 3 aromatic rings. The van der Waals surface area contributed by atoms with Crippen LogP contribution < -0.4 is 14.4 Å². The van der Waals surface area contributed by atoms with E-state index in [2.05, 4.69) is 30.0 Å². The molecular formula is C31H34ClN3O4. The zero-order valence-corrected chi connectivity index (χ0v) is 23.4. The first-order chi connectivity index (χ1) is 18.9. The molecule has 0 saturated carbocycles. The molecule has 2 fully saturated rings. The first kappa shape index (κ1) is 26.9. The Labute approximate surface area is 234 Å². The highest BCUT2D eigenvalue weighted by atomic mass is 35.5. The number of rotatable bonds is 6. The number of halogens is 1. The van der Waals surface area contributed by atoms with Crippen LogP contribution in [0.3, 0.4) is 0 Å². The fourth-order valence-electron chi connectivity index (χ4n) is 5.76. The van der Waals surface area contributed by atoms with Crippen molar-refractivity contribution in [3.63, 3.8) is 0 Å². The molecule has 0 aromatic heterocycles. The fraction of sp³-hybridized carbons (Fsp3) is 0.355. The van der Waals surface area contributed by atoms with Crippen molar-refractivity contribution in [2.24, 2.45) is 5.92 Å². The maximum absolute atomic E-state index is 14.1. The Bertz CT molecular complexity index is 1340. The third-order valence-corrected chi connectivity index (χ3v) is 8.15. The first-order valence-corrected chi connectivity index (χ1v) is 13.6. The van der Waals surface area contributed by atoms with Crippen molar-refractivity contribution in [1.82, 2.24) is 9.80 Å². The lowest BCUT2D eigenvalue weighted by Gasteiger charge is -2.38. The van der Waals surface area contributed by atoms with E-state index in [4.69, 9.17) is 21.1 Å². The monoisotopic (exact) mass is 547 g/mol. The predicted octanol–water partition coefficient (Wildman–Crippen LogP) is 4.87. The smallest absolute Gasteiger partial charge is 0.253 e. The van der Waals surface area contributed by atoms with Crippen LogP contribution in [0.1, 0.15) is 27.4 Å². The van der Waals surface area contributed by atoms with E-state index in [0.29, 0.717) is 48.3 Å². The van der Waals surface area contributed by atoms with Crippen molar-refractivity contribution < 1.29 is 19.1 Å². The van der Waals surface area contributed by atoms with Crippen molar-refractivity contribution in [3.8, 4) is 11.5 Å². The number of methoxy groups -OCH3 is 2. The Morgan fingerprint density at radius 2 is 1.56 bits per heavy atom. The summed E-state index contributed by atoms with van der Waals surface area (Å²) >= 11 is 6.05. The standard InChI is InChI=1S/C31H34ClN3O4/c1-21-6-4-5-7-28(21)33-14-16-34(17-15-33)31(37)27-20-35(30(36)22-8-10-23(32)11-9-22)19-26(27)25-18-24(38-2)12-13-29(25)39-3/h4-13,18,26-27H,14-17,19-20H2,1-3H3/t26-,27-/m0/s1. The van der Waals surface area contributed by atoms with Gasteiger partial charge in [0.25, 0.3) is 5.91 Å². The molecular weight excluding hydrogens is 514 g/mol. The van der Waals surface area contributed by atoms with Gasteiger partial charge in [-0.1, -0.05) is 29.8 Å². The first-order valence-electron chi connectivity index (χ1n) is 13.3. The van der Waals surface area contributed by atoms with Crippen LogP contribution in [-0.4, -0.2) is 75.1 Å². The van der Waals surface area contributed by atoms with E-state index in [1.165, 1.54) is 11.3 Å². The van der Waals surface area contributed by atoms with Crippen molar-refractivity contribution in [1.29, 1.82) is 0 Å². The molecule has 0 radical (unpaired) electrons. The summed E-state index contributed by atoms with van der Waals surface area (Å²) in [6, 6.07) is 20.9. The normalized spacial score (nSPS) is 19.2. The Morgan fingerprint density at radius 1 is 0.846 bits per heavy atom. The Balaban J connectivity index is 1.40. The van der Waals surface area contributed by atoms with E-state index >= 15 is 0 Å². The second-order valence-corrected chi connectivity index (χ2v) is 10.6. The van der Waals surface area contributed by atoms with Gasteiger partial charge in [0, 0.05) is 67.0 Å². The summed E-state index contributed by atoms with van der Waals surface area (Å²) in [5, 5.41) is 0.574. The number of amides is 2. The number of carbonyl (C=O) groups excluding carboxylic acids is 2. The molecule has 204 valence electrons. The summed E-state index contributed by atoms with van der Waals surface area (Å²) in [7, 11) is 3.24. The van der Waals surface area contributed by atoms with Crippen molar-refractivity contribution in [3.05, 3.63) is 88.4 Å². The van der Waals surface area contributed by atoms with E-state index in [9.17, 15) is 9.59 Å². The molecule has 0 aliphatic carbocycles. The summed E-state index contributed by atoms with van der Waals surface area (Å²) < 4.78 is 11.2. The Morgan fingerprint density at radius 3 is 2.23 bits per heavy atom. The Kier molecular flexibility index (Phi) is 7.98. The molecule has 5 rings (SSSR count). The van der Waals surface area contributed by atoms with Gasteiger partial charge in [-0.05, 0) is 61.0 Å². The van der Waals surface area contributed by atoms with Gasteiger partial charge in [-0.25, -0.2) is 0 Å². The Hall–Kier alpha value is -3.71. The number of anilines is 1. The number of aryl methyl sites for hydroxylation is 1. The van der Waals surface area contributed by atoms with Crippen molar-refractivity contribution in [2.75, 3.05) is 58.4 Å². The van der Waals surface area contributed by atoms with Crippen LogP contribution in [0.2, 0.25) is 5.02 Å². The molecule has 7 nitrogen and oxygen atoms in total. The number of piperazine rings is 1. The molecule has 0 N–H and O–H groups in total. The SMILES string of the molecule is COc1ccc(OC)c([C@@H]2CN(C(=O)c3ccc(Cl)cc3)C[C@@H]2C(=O)N2CCN(c3ccccc3C)CC2)c1. The quantitative estimate of drug-likeness (QED) is 0.440. The molecule has 2 amide bonds. The molecule has 2 saturated heterocycles. The van der Waals surface area contributed by atoms with Crippen LogP contribution >= 0.6 is 11.6 Å². The molecule has 0 spiro atoms. The second-order valence-electron chi connectivity index (χ2n) is 10.1. The minimum atomic E-state index is -0.396. The number of benzene rings is 3. The lowest BCUT2D eigenvalue weighted by Crippen LogP contribution is -2.51. The number of para-hydroxylation sites is 1. The van der Waals surface area contributed by atoms with Gasteiger partial charge in [0.05, 0.1) is 20.1 Å². The predicted molar refractivity (Wildman–Crippen MR) is 153 cm³/mol. The highest BCUT2D eigenvalue weighted by molar-refractivity contribution is 6.30. The summed E-state index contributed by atoms with van der Waals surface area (Å²) in [5.41, 5.74) is 3.87. The largest absolute Gasteiger partial charge is 0.497 e. The molecule has 0 unspecified atom stereocenters. The van der Waals surface area contributed by atoms with Crippen LogP contribution in [0.15, 0.2) is 66.7 Å². The average Bonchev–Trinajstić information content (AvgIpc) is 3.42. The van der Waals surface area contributed by atoms with Gasteiger partial charge >= 0.3 is 0 Å². The number of nitrogens with zero attached hydrogens (tertiary/aromatic N) is 3. The molecule has 3 aromatic carbocycles. The van der Waals surface area contributed by atoms with Crippen LogP contribution in [0, 0.1) is 12.8 Å². The molecule has 2 atom stereocenters. The van der Waals surface area contributed by atoms with E-state index < -0.39 is 5.92 Å². The van der Waals surface area contributed by atoms with Crippen LogP contribution in [-0.2, 0) is 4.79 Å². The number of hydrogen-bond acceptors (Lipinski definition) is 5. The average molecular weight is 548 g/mol. The zero-order valence-electron chi connectivity index (χ0n) is 22.6. The number of hydrogen-bond donors (Lipinski definition) is 0. The van der Waals surface area contributed by atoms with Crippen LogP contribution in [0.5, 0.6) is 11.5 Å². The van der Waals surface area contributed by atoms with Gasteiger partial charge in [-0.2, -0.15) is 0 Å². The third kappa shape index (κ3) is 5.55. The highest BCUT2D eigenvalue weighted by Crippen LogP contribution is 2.41. The van der Waals surface area contributed by atoms with E-state index in [1.807, 2.05) is 29.2 Å². The molecule has 8 heteroatoms. The minimum absolute atomic E-state index is 0.0701. The summed E-state index contributed by atoms with van der Waals surface area (Å²) in [5.74, 6) is 0.703. The number of likely N-dealkylation sites (tertiary alicyclic amines) is 1. The van der Waals surface area contributed by atoms with E-state index in [0.717, 1.165) is 18.7 Å². The summed E-state index contributed by atoms with van der Waals surface area (Å²) in [6.45, 7) is 5.67. The van der Waals surface area contributed by atoms with E-state index in [1.54, 1.807) is 43.4 Å². The van der Waals surface area contributed by atoms with Gasteiger partial charge in [-0.3, -0.25) is 9.59 Å². The second kappa shape index (κ2) is 11.6. The van der Waals surface area contributed by atoms with Crippen LogP contribution in [0.4, 0.5) is 5.69 Å². The molecule has 2 aliphatic heterocycles. The summed E-state index contributed by atoms with van der Waals surface area (Å²) in [4.78, 5) is 33.6. The molecule has 2 heterocycles. The van der Waals surface area contributed by atoms with Gasteiger partial charge in [-0.15, -0.1) is 0 Å². The maximum Gasteiger partial charge on any atom is 0.253 e. The molecule has 0 bridgehead atoms. The van der Waals surface area contributed by atoms with Crippen LogP contribution in [0.25, 0.3) is 0 Å². The lowest BCUT2D eigenvalue weighted by molar-refractivity contribution is -0.135. The van der Waals surface area contributed by atoms with Gasteiger partial charge in [0.1, 0.15) is 11.5 Å². The fourth-order valence-corrected chi connectivity index (χ4v) is 5.89. The van der Waals surface area contributed by atoms with Gasteiger partial charge < -0.3 is 24.2 Å². The summed E-state index contributed by atoms with van der Waals surface area (Å²) in [6.07, 6.45) is 0. The molecule has 39 heavy (non-hydrogen) atoms. The topological polar surface area (TPSA) is 62.3 Å². The van der Waals surface area contributed by atoms with Crippen molar-refractivity contribution in [2.45, 2.75) is 12.8 Å². The van der Waals surface area contributed by atoms with Gasteiger partial charge in [0.15, 0.2) is 0 Å². The molecule has 2 aliphatic rings. The minimum Gasteiger partial charge on any atom is -0.497 e. The number of ether oxygens (including phenoxy) is 2. The van der Waals surface area contributed by atoms with E-state index in [-0.39, 0.29) is 17.7 Å². The highest BCUT2D eigenvalue weighted by Gasteiger charge is 2.44. The lowest BCUT2D eigenvalue weighted by atomic mass is 9.87. The number of carbonyl (C=O) groups is 2.